The summed E-state index contributed by atoms with van der Waals surface area (Å²) in [4.78, 5) is 3.78. The Morgan fingerprint density at radius 2 is 2.00 bits per heavy atom. The molecule has 2 aliphatic rings. The third kappa shape index (κ3) is 2.23. The molecule has 0 amide bonds. The summed E-state index contributed by atoms with van der Waals surface area (Å²) in [7, 11) is 0. The first-order valence-corrected chi connectivity index (χ1v) is 6.50. The molecule has 2 fully saturated rings. The van der Waals surface area contributed by atoms with Crippen LogP contribution in [0.3, 0.4) is 0 Å². The van der Waals surface area contributed by atoms with Gasteiger partial charge in [0.25, 0.3) is 0 Å². The van der Waals surface area contributed by atoms with Gasteiger partial charge in [0.1, 0.15) is 5.69 Å². The van der Waals surface area contributed by atoms with Gasteiger partial charge >= 0.3 is 6.18 Å². The molecule has 0 spiro atoms. The monoisotopic (exact) mass is 271 g/mol. The van der Waals surface area contributed by atoms with E-state index in [-0.39, 0.29) is 12.1 Å². The Kier molecular flexibility index (Phi) is 3.02. The molecule has 3 rings (SSSR count). The van der Waals surface area contributed by atoms with E-state index in [4.69, 9.17) is 5.73 Å². The third-order valence-corrected chi connectivity index (χ3v) is 4.31. The van der Waals surface area contributed by atoms with Crippen molar-refractivity contribution in [1.82, 2.24) is 10.3 Å². The SMILES string of the molecule is NC1CCC2C(c3cccc(C(F)(F)F)n3)NCC12. The Hall–Kier alpha value is -1.14. The van der Waals surface area contributed by atoms with Gasteiger partial charge in [-0.1, -0.05) is 6.07 Å². The Labute approximate surface area is 109 Å². The maximum atomic E-state index is 12.7. The number of fused-ring (bicyclic) bond motifs is 1. The van der Waals surface area contributed by atoms with E-state index in [0.717, 1.165) is 25.5 Å². The van der Waals surface area contributed by atoms with Crippen molar-refractivity contribution in [3.05, 3.63) is 29.6 Å². The van der Waals surface area contributed by atoms with Crippen molar-refractivity contribution in [3.8, 4) is 0 Å². The van der Waals surface area contributed by atoms with E-state index in [2.05, 4.69) is 10.3 Å². The smallest absolute Gasteiger partial charge is 0.327 e. The van der Waals surface area contributed by atoms with Crippen LogP contribution in [0.5, 0.6) is 0 Å². The van der Waals surface area contributed by atoms with Crippen LogP contribution >= 0.6 is 0 Å². The van der Waals surface area contributed by atoms with Crippen molar-refractivity contribution in [2.75, 3.05) is 6.54 Å². The van der Waals surface area contributed by atoms with Crippen molar-refractivity contribution in [2.45, 2.75) is 31.1 Å². The van der Waals surface area contributed by atoms with Crippen LogP contribution < -0.4 is 11.1 Å². The Morgan fingerprint density at radius 3 is 2.74 bits per heavy atom. The molecule has 6 heteroatoms. The molecule has 0 bridgehead atoms. The lowest BCUT2D eigenvalue weighted by Crippen LogP contribution is -2.28. The number of rotatable bonds is 1. The molecule has 19 heavy (non-hydrogen) atoms. The number of aromatic nitrogens is 1. The second-order valence-corrected chi connectivity index (χ2v) is 5.40. The number of nitrogens with two attached hydrogens (primary N) is 1. The summed E-state index contributed by atoms with van der Waals surface area (Å²) in [6.07, 6.45) is -2.48. The lowest BCUT2D eigenvalue weighted by atomic mass is 9.91. The molecule has 4 unspecified atom stereocenters. The first kappa shape index (κ1) is 12.9. The van der Waals surface area contributed by atoms with E-state index >= 15 is 0 Å². The predicted octanol–water partition coefficient (Wildman–Crippen LogP) is 2.10. The molecule has 2 heterocycles. The van der Waals surface area contributed by atoms with Gasteiger partial charge in [0.2, 0.25) is 0 Å². The highest BCUT2D eigenvalue weighted by Gasteiger charge is 2.44. The molecular weight excluding hydrogens is 255 g/mol. The number of pyridine rings is 1. The summed E-state index contributed by atoms with van der Waals surface area (Å²) in [6, 6.07) is 4.17. The minimum absolute atomic E-state index is 0.0964. The third-order valence-electron chi connectivity index (χ3n) is 4.31. The Balaban J connectivity index is 1.87. The summed E-state index contributed by atoms with van der Waals surface area (Å²) in [5, 5.41) is 3.27. The fourth-order valence-electron chi connectivity index (χ4n) is 3.37. The highest BCUT2D eigenvalue weighted by Crippen LogP contribution is 2.43. The van der Waals surface area contributed by atoms with Gasteiger partial charge in [-0.15, -0.1) is 0 Å². The van der Waals surface area contributed by atoms with E-state index in [1.165, 1.54) is 6.07 Å². The zero-order valence-electron chi connectivity index (χ0n) is 10.3. The molecule has 1 saturated carbocycles. The maximum Gasteiger partial charge on any atom is 0.433 e. The number of hydrogen-bond acceptors (Lipinski definition) is 3. The summed E-state index contributed by atoms with van der Waals surface area (Å²) in [5.41, 5.74) is 5.68. The fourth-order valence-corrected chi connectivity index (χ4v) is 3.37. The number of halogens is 3. The van der Waals surface area contributed by atoms with Gasteiger partial charge in [-0.05, 0) is 36.8 Å². The molecular formula is C13H16F3N3. The van der Waals surface area contributed by atoms with E-state index in [1.807, 2.05) is 0 Å². The average molecular weight is 271 g/mol. The van der Waals surface area contributed by atoms with E-state index in [9.17, 15) is 13.2 Å². The van der Waals surface area contributed by atoms with Gasteiger partial charge in [0.05, 0.1) is 11.7 Å². The summed E-state index contributed by atoms with van der Waals surface area (Å²) in [6.45, 7) is 0.772. The first-order chi connectivity index (χ1) is 8.97. The number of alkyl halides is 3. The molecule has 3 nitrogen and oxygen atoms in total. The molecule has 4 atom stereocenters. The fraction of sp³-hybridized carbons (Fsp3) is 0.615. The quantitative estimate of drug-likeness (QED) is 0.822. The van der Waals surface area contributed by atoms with Crippen molar-refractivity contribution in [3.63, 3.8) is 0 Å². The van der Waals surface area contributed by atoms with Gasteiger partial charge in [-0.3, -0.25) is 0 Å². The second-order valence-electron chi connectivity index (χ2n) is 5.40. The van der Waals surface area contributed by atoms with Crippen LogP contribution in [-0.4, -0.2) is 17.6 Å². The normalized spacial score (nSPS) is 34.5. The van der Waals surface area contributed by atoms with Crippen molar-refractivity contribution in [2.24, 2.45) is 17.6 Å². The minimum Gasteiger partial charge on any atom is -0.327 e. The van der Waals surface area contributed by atoms with Crippen molar-refractivity contribution in [1.29, 1.82) is 0 Å². The maximum absolute atomic E-state index is 12.7. The van der Waals surface area contributed by atoms with Gasteiger partial charge < -0.3 is 11.1 Å². The molecule has 1 aliphatic carbocycles. The van der Waals surface area contributed by atoms with Gasteiger partial charge in [0, 0.05) is 12.6 Å². The molecule has 1 saturated heterocycles. The number of nitrogens with one attached hydrogen (secondary N) is 1. The topological polar surface area (TPSA) is 50.9 Å². The van der Waals surface area contributed by atoms with Crippen LogP contribution in [0, 0.1) is 11.8 Å². The molecule has 1 aromatic rings. The van der Waals surface area contributed by atoms with Crippen LogP contribution in [-0.2, 0) is 6.18 Å². The lowest BCUT2D eigenvalue weighted by molar-refractivity contribution is -0.141. The van der Waals surface area contributed by atoms with Crippen LogP contribution in [0.1, 0.15) is 30.3 Å². The zero-order chi connectivity index (χ0) is 13.6. The first-order valence-electron chi connectivity index (χ1n) is 6.50. The lowest BCUT2D eigenvalue weighted by Gasteiger charge is -2.19. The Morgan fingerprint density at radius 1 is 1.21 bits per heavy atom. The number of hydrogen-bond donors (Lipinski definition) is 2. The highest BCUT2D eigenvalue weighted by molar-refractivity contribution is 5.19. The van der Waals surface area contributed by atoms with Crippen LogP contribution in [0.25, 0.3) is 0 Å². The van der Waals surface area contributed by atoms with Gasteiger partial charge in [-0.2, -0.15) is 13.2 Å². The summed E-state index contributed by atoms with van der Waals surface area (Å²) < 4.78 is 38.0. The van der Waals surface area contributed by atoms with Crippen LogP contribution in [0.15, 0.2) is 18.2 Å². The molecule has 3 N–H and O–H groups in total. The van der Waals surface area contributed by atoms with Crippen molar-refractivity contribution >= 4 is 0 Å². The van der Waals surface area contributed by atoms with E-state index in [0.29, 0.717) is 17.5 Å². The van der Waals surface area contributed by atoms with Gasteiger partial charge in [0.15, 0.2) is 0 Å². The van der Waals surface area contributed by atoms with Gasteiger partial charge in [-0.25, -0.2) is 4.98 Å². The summed E-state index contributed by atoms with van der Waals surface area (Å²) in [5.74, 6) is 0.673. The standard InChI is InChI=1S/C13H16F3N3/c14-13(15,16)11-3-1-2-10(19-11)12-7-4-5-9(17)8(7)6-18-12/h1-3,7-9,12,18H,4-6,17H2. The van der Waals surface area contributed by atoms with Crippen LogP contribution in [0.4, 0.5) is 13.2 Å². The summed E-state index contributed by atoms with van der Waals surface area (Å²) >= 11 is 0. The Bertz CT molecular complexity index is 474. The van der Waals surface area contributed by atoms with E-state index in [1.54, 1.807) is 6.07 Å². The molecule has 104 valence electrons. The molecule has 1 aromatic heterocycles. The van der Waals surface area contributed by atoms with Crippen molar-refractivity contribution < 1.29 is 13.2 Å². The second kappa shape index (κ2) is 4.45. The molecule has 0 aromatic carbocycles. The average Bonchev–Trinajstić information content (AvgIpc) is 2.92. The number of nitrogens with zero attached hydrogens (tertiary/aromatic N) is 1. The van der Waals surface area contributed by atoms with E-state index < -0.39 is 11.9 Å². The molecule has 1 aliphatic heterocycles. The zero-order valence-corrected chi connectivity index (χ0v) is 10.3. The minimum atomic E-state index is -4.39. The largest absolute Gasteiger partial charge is 0.433 e. The predicted molar refractivity (Wildman–Crippen MR) is 64.2 cm³/mol. The highest BCUT2D eigenvalue weighted by atomic mass is 19.4. The molecule has 0 radical (unpaired) electrons. The van der Waals surface area contributed by atoms with Crippen LogP contribution in [0.2, 0.25) is 0 Å².